The average molecular weight is 258 g/mol. The molecule has 1 aromatic heterocycles. The molecule has 0 fully saturated rings. The predicted octanol–water partition coefficient (Wildman–Crippen LogP) is 3.64. The van der Waals surface area contributed by atoms with Crippen LogP contribution in [0.15, 0.2) is 22.8 Å². The smallest absolute Gasteiger partial charge is 0.263 e. The number of furan rings is 1. The second kappa shape index (κ2) is 7.46. The lowest BCUT2D eigenvalue weighted by Gasteiger charge is -2.04. The summed E-state index contributed by atoms with van der Waals surface area (Å²) in [4.78, 5) is 11.5. The van der Waals surface area contributed by atoms with E-state index in [2.05, 4.69) is 6.92 Å². The highest BCUT2D eigenvalue weighted by Gasteiger charge is 2.13. The van der Waals surface area contributed by atoms with Crippen molar-refractivity contribution in [3.8, 4) is 0 Å². The molecule has 0 radical (unpaired) electrons. The number of rotatable bonds is 5. The van der Waals surface area contributed by atoms with Gasteiger partial charge in [-0.25, -0.2) is 0 Å². The van der Waals surface area contributed by atoms with Crippen LogP contribution in [0.3, 0.4) is 0 Å². The van der Waals surface area contributed by atoms with Gasteiger partial charge in [-0.05, 0) is 30.8 Å². The molecule has 0 aliphatic carbocycles. The Labute approximate surface area is 105 Å². The molecule has 0 aliphatic rings. The van der Waals surface area contributed by atoms with Crippen molar-refractivity contribution in [1.29, 1.82) is 0 Å². The lowest BCUT2D eigenvalue weighted by Crippen LogP contribution is -2.03. The number of ether oxygens (including phenoxy) is 1. The van der Waals surface area contributed by atoms with Gasteiger partial charge in [-0.1, -0.05) is 19.8 Å². The molecule has 0 aliphatic heterocycles. The first-order valence-corrected chi connectivity index (χ1v) is 6.39. The first-order chi connectivity index (χ1) is 7.74. The standard InChI is InChI=1S/C11H14O3S2/c1-2-3-4-7-14-11(15)16-10(12)9-6-5-8-13-9/h5-6,8H,2-4,7H2,1H3. The Kier molecular flexibility index (Phi) is 6.18. The Morgan fingerprint density at radius 3 is 3.00 bits per heavy atom. The number of thioether (sulfide) groups is 1. The number of carbonyl (C=O) groups excluding carboxylic acids is 1. The van der Waals surface area contributed by atoms with Crippen molar-refractivity contribution in [3.63, 3.8) is 0 Å². The fourth-order valence-electron chi connectivity index (χ4n) is 1.06. The van der Waals surface area contributed by atoms with Crippen LogP contribution in [0.25, 0.3) is 0 Å². The third-order valence-corrected chi connectivity index (χ3v) is 2.91. The minimum absolute atomic E-state index is 0.217. The zero-order chi connectivity index (χ0) is 11.8. The van der Waals surface area contributed by atoms with Gasteiger partial charge in [-0.15, -0.1) is 0 Å². The van der Waals surface area contributed by atoms with Crippen LogP contribution in [-0.4, -0.2) is 16.1 Å². The maximum Gasteiger partial charge on any atom is 0.263 e. The number of carbonyl (C=O) groups is 1. The van der Waals surface area contributed by atoms with Crippen molar-refractivity contribution < 1.29 is 13.9 Å². The van der Waals surface area contributed by atoms with E-state index in [1.165, 1.54) is 6.26 Å². The second-order valence-corrected chi connectivity index (χ2v) is 4.75. The quantitative estimate of drug-likeness (QED) is 0.595. The summed E-state index contributed by atoms with van der Waals surface area (Å²) < 4.78 is 10.5. The van der Waals surface area contributed by atoms with Crippen LogP contribution in [0.5, 0.6) is 0 Å². The van der Waals surface area contributed by atoms with Crippen molar-refractivity contribution in [1.82, 2.24) is 0 Å². The molecule has 0 N–H and O–H groups in total. The zero-order valence-electron chi connectivity index (χ0n) is 9.10. The highest BCUT2D eigenvalue weighted by atomic mass is 32.2. The van der Waals surface area contributed by atoms with Crippen molar-refractivity contribution in [3.05, 3.63) is 24.2 Å². The summed E-state index contributed by atoms with van der Waals surface area (Å²) in [5.74, 6) is 0.296. The van der Waals surface area contributed by atoms with Gasteiger partial charge in [-0.3, -0.25) is 4.79 Å². The molecule has 0 spiro atoms. The largest absolute Gasteiger partial charge is 0.478 e. The van der Waals surface area contributed by atoms with E-state index in [0.717, 1.165) is 31.0 Å². The number of unbranched alkanes of at least 4 members (excludes halogenated alkanes) is 2. The van der Waals surface area contributed by atoms with Crippen molar-refractivity contribution in [2.24, 2.45) is 0 Å². The zero-order valence-corrected chi connectivity index (χ0v) is 10.7. The summed E-state index contributed by atoms with van der Waals surface area (Å²) in [6, 6.07) is 3.27. The molecule has 88 valence electrons. The van der Waals surface area contributed by atoms with Gasteiger partial charge >= 0.3 is 0 Å². The van der Waals surface area contributed by atoms with Crippen LogP contribution in [0, 0.1) is 0 Å². The van der Waals surface area contributed by atoms with Gasteiger partial charge in [0, 0.05) is 11.8 Å². The molecule has 1 aromatic rings. The minimum atomic E-state index is -0.217. The number of thiocarbonyl (C=S) groups is 1. The third kappa shape index (κ3) is 4.81. The Morgan fingerprint density at radius 1 is 1.56 bits per heavy atom. The molecule has 0 aromatic carbocycles. The van der Waals surface area contributed by atoms with Gasteiger partial charge in [0.15, 0.2) is 5.76 Å². The number of hydrogen-bond acceptors (Lipinski definition) is 5. The van der Waals surface area contributed by atoms with Crippen molar-refractivity contribution >= 4 is 33.5 Å². The Morgan fingerprint density at radius 2 is 2.38 bits per heavy atom. The van der Waals surface area contributed by atoms with E-state index < -0.39 is 0 Å². The summed E-state index contributed by atoms with van der Waals surface area (Å²) in [7, 11) is 0. The molecular formula is C11H14O3S2. The minimum Gasteiger partial charge on any atom is -0.478 e. The number of hydrogen-bond donors (Lipinski definition) is 0. The van der Waals surface area contributed by atoms with Crippen LogP contribution in [0.1, 0.15) is 36.7 Å². The Balaban J connectivity index is 2.21. The molecular weight excluding hydrogens is 244 g/mol. The second-order valence-electron chi connectivity index (χ2n) is 3.17. The molecule has 16 heavy (non-hydrogen) atoms. The van der Waals surface area contributed by atoms with Crippen molar-refractivity contribution in [2.45, 2.75) is 26.2 Å². The van der Waals surface area contributed by atoms with E-state index in [9.17, 15) is 4.79 Å². The van der Waals surface area contributed by atoms with E-state index in [0.29, 0.717) is 12.4 Å². The van der Waals surface area contributed by atoms with Crippen LogP contribution in [-0.2, 0) is 4.74 Å². The molecule has 3 nitrogen and oxygen atoms in total. The van der Waals surface area contributed by atoms with E-state index >= 15 is 0 Å². The fourth-order valence-corrected chi connectivity index (χ4v) is 1.88. The van der Waals surface area contributed by atoms with Gasteiger partial charge < -0.3 is 9.15 Å². The molecule has 1 heterocycles. The first-order valence-electron chi connectivity index (χ1n) is 5.16. The molecule has 0 atom stereocenters. The Bertz CT molecular complexity index is 333. The van der Waals surface area contributed by atoms with Crippen LogP contribution in [0.2, 0.25) is 0 Å². The lowest BCUT2D eigenvalue weighted by atomic mass is 10.3. The monoisotopic (exact) mass is 258 g/mol. The summed E-state index contributed by atoms with van der Waals surface area (Å²) in [5, 5.41) is -0.217. The topological polar surface area (TPSA) is 39.4 Å². The fraction of sp³-hybridized carbons (Fsp3) is 0.455. The molecule has 0 unspecified atom stereocenters. The van der Waals surface area contributed by atoms with Gasteiger partial charge in [0.2, 0.25) is 4.38 Å². The average Bonchev–Trinajstić information content (AvgIpc) is 2.77. The van der Waals surface area contributed by atoms with Crippen LogP contribution in [0.4, 0.5) is 0 Å². The molecule has 0 amide bonds. The molecule has 0 saturated heterocycles. The normalized spacial score (nSPS) is 10.1. The van der Waals surface area contributed by atoms with Crippen LogP contribution >= 0.6 is 24.0 Å². The van der Waals surface area contributed by atoms with Crippen LogP contribution < -0.4 is 0 Å². The maximum absolute atomic E-state index is 11.5. The van der Waals surface area contributed by atoms with Gasteiger partial charge in [0.05, 0.1) is 12.9 Å². The molecule has 1 rings (SSSR count). The summed E-state index contributed by atoms with van der Waals surface area (Å²) in [6.45, 7) is 2.69. The highest BCUT2D eigenvalue weighted by Crippen LogP contribution is 2.15. The van der Waals surface area contributed by atoms with E-state index in [-0.39, 0.29) is 9.50 Å². The SMILES string of the molecule is CCCCCOC(=S)SC(=O)c1ccco1. The molecule has 5 heteroatoms. The highest BCUT2D eigenvalue weighted by molar-refractivity contribution is 8.32. The van der Waals surface area contributed by atoms with E-state index in [4.69, 9.17) is 21.4 Å². The maximum atomic E-state index is 11.5. The summed E-state index contributed by atoms with van der Waals surface area (Å²) >= 11 is 5.82. The molecule has 0 saturated carbocycles. The lowest BCUT2D eigenvalue weighted by molar-refractivity contribution is 0.106. The van der Waals surface area contributed by atoms with Gasteiger partial charge in [0.1, 0.15) is 0 Å². The Hall–Kier alpha value is -0.810. The summed E-state index contributed by atoms with van der Waals surface area (Å²) in [6.07, 6.45) is 4.67. The predicted molar refractivity (Wildman–Crippen MR) is 68.7 cm³/mol. The van der Waals surface area contributed by atoms with E-state index in [1.54, 1.807) is 12.1 Å². The molecule has 0 bridgehead atoms. The van der Waals surface area contributed by atoms with E-state index in [1.807, 2.05) is 0 Å². The van der Waals surface area contributed by atoms with Gasteiger partial charge in [-0.2, -0.15) is 0 Å². The van der Waals surface area contributed by atoms with Gasteiger partial charge in [0.25, 0.3) is 5.12 Å². The summed E-state index contributed by atoms with van der Waals surface area (Å²) in [5.41, 5.74) is 0. The first kappa shape index (κ1) is 13.3. The van der Waals surface area contributed by atoms with Crippen molar-refractivity contribution in [2.75, 3.05) is 6.61 Å². The third-order valence-electron chi connectivity index (χ3n) is 1.87.